The van der Waals surface area contributed by atoms with E-state index in [1.165, 1.54) is 57.8 Å². The van der Waals surface area contributed by atoms with E-state index in [0.29, 0.717) is 12.8 Å². The van der Waals surface area contributed by atoms with Crippen molar-refractivity contribution in [1.82, 2.24) is 5.32 Å². The van der Waals surface area contributed by atoms with Crippen molar-refractivity contribution in [3.05, 3.63) is 48.6 Å². The maximum Gasteiger partial charge on any atom is 0.472 e. The summed E-state index contributed by atoms with van der Waals surface area (Å²) < 4.78 is 26.7. The molecule has 3 N–H and O–H groups in total. The number of rotatable bonds is 36. The van der Waals surface area contributed by atoms with E-state index in [2.05, 4.69) is 67.8 Å². The first-order chi connectivity index (χ1) is 24.3. The fraction of sp³-hybridized carbons (Fsp3) is 0.750. The van der Waals surface area contributed by atoms with Crippen molar-refractivity contribution in [1.29, 1.82) is 0 Å². The van der Waals surface area contributed by atoms with Crippen LogP contribution in [0.1, 0.15) is 162 Å². The van der Waals surface area contributed by atoms with E-state index in [1.807, 2.05) is 0 Å². The Bertz CT molecular complexity index is 965. The quantitative estimate of drug-likeness (QED) is 0.0252. The number of hydrogen-bond donors (Lipinski definition) is 3. The van der Waals surface area contributed by atoms with Crippen LogP contribution in [-0.4, -0.2) is 54.3 Å². The molecule has 50 heavy (non-hydrogen) atoms. The highest BCUT2D eigenvalue weighted by Gasteiger charge is 2.23. The van der Waals surface area contributed by atoms with Crippen molar-refractivity contribution in [2.75, 3.05) is 26.4 Å². The molecular formula is C40H72NO8P. The Morgan fingerprint density at radius 2 is 1.08 bits per heavy atom. The summed E-state index contributed by atoms with van der Waals surface area (Å²) in [6.45, 7) is 3.45. The first-order valence-corrected chi connectivity index (χ1v) is 21.1. The zero-order valence-electron chi connectivity index (χ0n) is 31.6. The number of phosphoric ester groups is 1. The number of carbonyl (C=O) groups excluding carboxylic acids is 2. The van der Waals surface area contributed by atoms with Gasteiger partial charge in [-0.05, 0) is 57.8 Å². The van der Waals surface area contributed by atoms with E-state index in [1.54, 1.807) is 0 Å². The summed E-state index contributed by atoms with van der Waals surface area (Å²) in [5.74, 6) is -0.542. The highest BCUT2D eigenvalue weighted by atomic mass is 31.2. The van der Waals surface area contributed by atoms with E-state index in [-0.39, 0.29) is 32.1 Å². The van der Waals surface area contributed by atoms with Crippen LogP contribution < -0.4 is 5.32 Å². The van der Waals surface area contributed by atoms with Gasteiger partial charge in [-0.3, -0.25) is 18.6 Å². The minimum Gasteiger partial charge on any atom is -0.463 e. The number of carbonyl (C=O) groups is 2. The summed E-state index contributed by atoms with van der Waals surface area (Å²) in [5, 5.41) is 12.6. The summed E-state index contributed by atoms with van der Waals surface area (Å²) in [6.07, 6.45) is 40.5. The molecule has 0 aromatic carbocycles. The molecule has 0 heterocycles. The lowest BCUT2D eigenvalue weighted by Crippen LogP contribution is -2.27. The van der Waals surface area contributed by atoms with Crippen molar-refractivity contribution in [3.8, 4) is 0 Å². The van der Waals surface area contributed by atoms with Crippen LogP contribution >= 0.6 is 7.82 Å². The predicted molar refractivity (Wildman–Crippen MR) is 206 cm³/mol. The van der Waals surface area contributed by atoms with Gasteiger partial charge in [-0.1, -0.05) is 140 Å². The molecule has 2 unspecified atom stereocenters. The van der Waals surface area contributed by atoms with Crippen LogP contribution in [0.4, 0.5) is 0 Å². The van der Waals surface area contributed by atoms with Gasteiger partial charge in [-0.25, -0.2) is 4.57 Å². The zero-order valence-corrected chi connectivity index (χ0v) is 32.5. The zero-order chi connectivity index (χ0) is 36.8. The lowest BCUT2D eigenvalue weighted by atomic mass is 10.1. The van der Waals surface area contributed by atoms with Crippen molar-refractivity contribution >= 4 is 19.7 Å². The summed E-state index contributed by atoms with van der Waals surface area (Å²) in [7, 11) is -4.41. The molecule has 0 rings (SSSR count). The molecule has 0 saturated carbocycles. The van der Waals surface area contributed by atoms with Crippen LogP contribution in [0.2, 0.25) is 0 Å². The highest BCUT2D eigenvalue weighted by molar-refractivity contribution is 7.47. The Balaban J connectivity index is 3.67. The molecule has 1 amide bonds. The van der Waals surface area contributed by atoms with Crippen LogP contribution in [-0.2, 0) is 27.9 Å². The van der Waals surface area contributed by atoms with E-state index in [0.717, 1.165) is 70.6 Å². The number of ether oxygens (including phenoxy) is 1. The lowest BCUT2D eigenvalue weighted by molar-refractivity contribution is -0.147. The maximum atomic E-state index is 12.0. The lowest BCUT2D eigenvalue weighted by Gasteiger charge is -2.15. The fourth-order valence-electron chi connectivity index (χ4n) is 5.01. The summed E-state index contributed by atoms with van der Waals surface area (Å²) in [4.78, 5) is 33.7. The summed E-state index contributed by atoms with van der Waals surface area (Å²) in [5.41, 5.74) is 0. The van der Waals surface area contributed by atoms with Gasteiger partial charge in [0.2, 0.25) is 5.91 Å². The normalized spacial score (nSPS) is 13.9. The molecule has 0 aromatic rings. The van der Waals surface area contributed by atoms with Gasteiger partial charge in [0.25, 0.3) is 0 Å². The minimum atomic E-state index is -4.41. The topological polar surface area (TPSA) is 131 Å². The molecule has 2 atom stereocenters. The van der Waals surface area contributed by atoms with Crippen molar-refractivity contribution in [3.63, 3.8) is 0 Å². The van der Waals surface area contributed by atoms with Crippen molar-refractivity contribution < 1.29 is 37.9 Å². The van der Waals surface area contributed by atoms with Crippen LogP contribution in [0.25, 0.3) is 0 Å². The Morgan fingerprint density at radius 1 is 0.620 bits per heavy atom. The molecule has 0 fully saturated rings. The SMILES string of the molecule is CCCCC/C=C\C/C=C\C/C=C\C/C=C\CCCCCCCC(=O)OCC(O)COP(=O)(O)OCCNC(=O)CCCCCCCCCC. The summed E-state index contributed by atoms with van der Waals surface area (Å²) >= 11 is 0. The number of allylic oxidation sites excluding steroid dienone is 8. The third kappa shape index (κ3) is 37.2. The minimum absolute atomic E-state index is 0.0787. The number of aliphatic hydroxyl groups is 1. The largest absolute Gasteiger partial charge is 0.472 e. The van der Waals surface area contributed by atoms with Gasteiger partial charge < -0.3 is 20.1 Å². The van der Waals surface area contributed by atoms with Crippen LogP contribution in [0, 0.1) is 0 Å². The molecule has 9 nitrogen and oxygen atoms in total. The van der Waals surface area contributed by atoms with Crippen LogP contribution in [0.5, 0.6) is 0 Å². The van der Waals surface area contributed by atoms with Crippen LogP contribution in [0.15, 0.2) is 48.6 Å². The smallest absolute Gasteiger partial charge is 0.463 e. The number of unbranched alkanes of at least 4 members (excludes halogenated alkanes) is 15. The monoisotopic (exact) mass is 725 g/mol. The van der Waals surface area contributed by atoms with Gasteiger partial charge in [0, 0.05) is 19.4 Å². The fourth-order valence-corrected chi connectivity index (χ4v) is 5.77. The van der Waals surface area contributed by atoms with Gasteiger partial charge in [0.05, 0.1) is 13.2 Å². The predicted octanol–water partition coefficient (Wildman–Crippen LogP) is 10.4. The Hall–Kier alpha value is -2.03. The molecular weight excluding hydrogens is 653 g/mol. The molecule has 0 radical (unpaired) electrons. The van der Waals surface area contributed by atoms with Crippen molar-refractivity contribution in [2.45, 2.75) is 168 Å². The van der Waals surface area contributed by atoms with Crippen molar-refractivity contribution in [2.24, 2.45) is 0 Å². The van der Waals surface area contributed by atoms with Gasteiger partial charge in [-0.15, -0.1) is 0 Å². The second-order valence-corrected chi connectivity index (χ2v) is 14.4. The maximum absolute atomic E-state index is 12.0. The van der Waals surface area contributed by atoms with E-state index >= 15 is 0 Å². The van der Waals surface area contributed by atoms with Gasteiger partial charge in [0.1, 0.15) is 12.7 Å². The number of amides is 1. The van der Waals surface area contributed by atoms with E-state index in [9.17, 15) is 24.2 Å². The van der Waals surface area contributed by atoms with Gasteiger partial charge in [-0.2, -0.15) is 0 Å². The number of nitrogens with one attached hydrogen (secondary N) is 1. The molecule has 0 aliphatic heterocycles. The molecule has 0 aliphatic rings. The molecule has 0 saturated heterocycles. The van der Waals surface area contributed by atoms with E-state index in [4.69, 9.17) is 13.8 Å². The van der Waals surface area contributed by atoms with Gasteiger partial charge in [0.15, 0.2) is 0 Å². The summed E-state index contributed by atoms with van der Waals surface area (Å²) in [6, 6.07) is 0. The van der Waals surface area contributed by atoms with E-state index < -0.39 is 26.5 Å². The number of esters is 1. The number of aliphatic hydroxyl groups excluding tert-OH is 1. The Kier molecular flexibility index (Phi) is 35.3. The number of phosphoric acid groups is 1. The molecule has 290 valence electrons. The number of hydrogen-bond acceptors (Lipinski definition) is 7. The average molecular weight is 726 g/mol. The average Bonchev–Trinajstić information content (AvgIpc) is 3.10. The first kappa shape index (κ1) is 48.0. The molecule has 0 bridgehead atoms. The standard InChI is InChI=1S/C40H72NO8P/c1-3-5-7-9-11-13-14-15-16-17-18-19-20-21-22-23-24-25-27-29-31-33-40(44)47-36-38(42)37-49-50(45,46)48-35-34-41-39(43)32-30-28-26-12-10-8-6-4-2/h11,13,15-16,18-19,21-22,38,42H,3-10,12,14,17,20,23-37H2,1-2H3,(H,41,43)(H,45,46)/b13-11-,16-15-,19-18-,22-21-. The first-order valence-electron chi connectivity index (χ1n) is 19.6. The molecule has 0 spiro atoms. The third-order valence-corrected chi connectivity index (χ3v) is 9.00. The second kappa shape index (κ2) is 36.8. The second-order valence-electron chi connectivity index (χ2n) is 12.9. The van der Waals surface area contributed by atoms with Gasteiger partial charge >= 0.3 is 13.8 Å². The van der Waals surface area contributed by atoms with Crippen LogP contribution in [0.3, 0.4) is 0 Å². The Labute approximate surface area is 305 Å². The molecule has 0 aromatic heterocycles. The molecule has 10 heteroatoms. The third-order valence-electron chi connectivity index (χ3n) is 8.01. The highest BCUT2D eigenvalue weighted by Crippen LogP contribution is 2.42. The Morgan fingerprint density at radius 3 is 1.66 bits per heavy atom. The molecule has 0 aliphatic carbocycles.